The largest absolute Gasteiger partial charge is 0.508 e. The maximum Gasteiger partial charge on any atom is 0.375 e. The maximum atomic E-state index is 11.8. The number of hydrogen-bond acceptors (Lipinski definition) is 5. The minimum Gasteiger partial charge on any atom is -0.508 e. The van der Waals surface area contributed by atoms with Gasteiger partial charge >= 0.3 is 5.97 Å². The van der Waals surface area contributed by atoms with Crippen LogP contribution in [0.4, 0.5) is 0 Å². The molecule has 1 aromatic heterocycles. The van der Waals surface area contributed by atoms with Gasteiger partial charge in [0.2, 0.25) is 0 Å². The number of fused-ring (bicyclic) bond motifs is 1. The number of aromatic hydroxyl groups is 1. The van der Waals surface area contributed by atoms with Crippen LogP contribution in [-0.2, 0) is 11.3 Å². The number of nitrogens with zero attached hydrogens (tertiary/aromatic N) is 1. The molecule has 1 N–H and O–H groups in total. The first-order chi connectivity index (χ1) is 10.1. The number of thiophene rings is 1. The van der Waals surface area contributed by atoms with Crippen LogP contribution in [0.3, 0.4) is 0 Å². The molecule has 0 saturated heterocycles. The lowest BCUT2D eigenvalue weighted by Crippen LogP contribution is -2.19. The predicted octanol–water partition coefficient (Wildman–Crippen LogP) is 3.60. The Morgan fingerprint density at radius 2 is 2.24 bits per heavy atom. The molecular formula is C16H15NO3S. The molecule has 0 radical (unpaired) electrons. The summed E-state index contributed by atoms with van der Waals surface area (Å²) in [5.74, 6) is 0.215. The maximum absolute atomic E-state index is 11.8. The van der Waals surface area contributed by atoms with Crippen molar-refractivity contribution in [3.63, 3.8) is 0 Å². The molecule has 4 nitrogen and oxygen atoms in total. The van der Waals surface area contributed by atoms with Crippen molar-refractivity contribution >= 4 is 23.0 Å². The molecule has 0 aliphatic heterocycles. The van der Waals surface area contributed by atoms with Gasteiger partial charge in [-0.3, -0.25) is 0 Å². The molecule has 1 atom stereocenters. The lowest BCUT2D eigenvalue weighted by molar-refractivity contribution is 0.0520. The number of benzene rings is 1. The minimum atomic E-state index is -0.434. The van der Waals surface area contributed by atoms with Crippen molar-refractivity contribution in [2.24, 2.45) is 11.1 Å². The fourth-order valence-electron chi connectivity index (χ4n) is 2.54. The molecule has 0 fully saturated rings. The number of oxime groups is 1. The van der Waals surface area contributed by atoms with Gasteiger partial charge in [0.15, 0.2) is 0 Å². The van der Waals surface area contributed by atoms with E-state index < -0.39 is 5.97 Å². The van der Waals surface area contributed by atoms with Gasteiger partial charge in [-0.2, -0.15) is 0 Å². The second-order valence-corrected chi connectivity index (χ2v) is 6.20. The summed E-state index contributed by atoms with van der Waals surface area (Å²) >= 11 is 1.33. The highest BCUT2D eigenvalue weighted by molar-refractivity contribution is 7.11. The lowest BCUT2D eigenvalue weighted by Gasteiger charge is -2.22. The standard InChI is InChI=1S/C16H15NO3S/c1-10-7-11-9-12(18)4-5-13(11)14(8-10)17-20-16(19)15-3-2-6-21-15/h2-6,9-10,18H,7-8H2,1H3. The number of carbonyl (C=O) groups excluding carboxylic acids is 1. The van der Waals surface area contributed by atoms with Crippen LogP contribution in [0.2, 0.25) is 0 Å². The van der Waals surface area contributed by atoms with E-state index in [4.69, 9.17) is 4.84 Å². The monoisotopic (exact) mass is 301 g/mol. The van der Waals surface area contributed by atoms with Crippen LogP contribution in [-0.4, -0.2) is 16.8 Å². The molecule has 1 unspecified atom stereocenters. The van der Waals surface area contributed by atoms with Crippen LogP contribution >= 0.6 is 11.3 Å². The van der Waals surface area contributed by atoms with Crippen molar-refractivity contribution in [2.45, 2.75) is 19.8 Å². The fourth-order valence-corrected chi connectivity index (χ4v) is 3.14. The van der Waals surface area contributed by atoms with Crippen molar-refractivity contribution in [1.29, 1.82) is 0 Å². The highest BCUT2D eigenvalue weighted by Gasteiger charge is 2.22. The lowest BCUT2D eigenvalue weighted by atomic mass is 9.83. The van der Waals surface area contributed by atoms with Gasteiger partial charge in [0.25, 0.3) is 0 Å². The first-order valence-corrected chi connectivity index (χ1v) is 7.65. The molecule has 3 rings (SSSR count). The minimum absolute atomic E-state index is 0.248. The fraction of sp³-hybridized carbons (Fsp3) is 0.250. The Hall–Kier alpha value is -2.14. The Kier molecular flexibility index (Phi) is 3.75. The molecule has 108 valence electrons. The van der Waals surface area contributed by atoms with Gasteiger partial charge in [-0.15, -0.1) is 11.3 Å². The summed E-state index contributed by atoms with van der Waals surface area (Å²) in [6.07, 6.45) is 1.65. The van der Waals surface area contributed by atoms with Crippen molar-refractivity contribution in [1.82, 2.24) is 0 Å². The van der Waals surface area contributed by atoms with Gasteiger partial charge < -0.3 is 9.94 Å². The summed E-state index contributed by atoms with van der Waals surface area (Å²) in [5, 5.41) is 15.5. The molecule has 2 aromatic rings. The summed E-state index contributed by atoms with van der Waals surface area (Å²) in [7, 11) is 0. The SMILES string of the molecule is CC1CC(=NOC(=O)c2cccs2)c2ccc(O)cc2C1. The summed E-state index contributed by atoms with van der Waals surface area (Å²) in [6.45, 7) is 2.11. The number of rotatable bonds is 2. The molecular weight excluding hydrogens is 286 g/mol. The molecule has 1 aliphatic rings. The topological polar surface area (TPSA) is 58.9 Å². The van der Waals surface area contributed by atoms with Gasteiger partial charge in [0, 0.05) is 5.56 Å². The third kappa shape index (κ3) is 2.97. The number of hydrogen-bond donors (Lipinski definition) is 1. The Balaban J connectivity index is 1.85. The van der Waals surface area contributed by atoms with Crippen LogP contribution in [0.25, 0.3) is 0 Å². The van der Waals surface area contributed by atoms with E-state index in [9.17, 15) is 9.90 Å². The second-order valence-electron chi connectivity index (χ2n) is 5.25. The van der Waals surface area contributed by atoms with E-state index in [0.717, 1.165) is 29.7 Å². The highest BCUT2D eigenvalue weighted by atomic mass is 32.1. The molecule has 5 heteroatoms. The molecule has 1 heterocycles. The van der Waals surface area contributed by atoms with E-state index in [1.165, 1.54) is 11.3 Å². The van der Waals surface area contributed by atoms with Crippen LogP contribution in [0.15, 0.2) is 40.9 Å². The average molecular weight is 301 g/mol. The molecule has 1 aromatic carbocycles. The van der Waals surface area contributed by atoms with Crippen LogP contribution in [0.1, 0.15) is 34.1 Å². The smallest absolute Gasteiger partial charge is 0.375 e. The predicted molar refractivity (Wildman–Crippen MR) is 81.9 cm³/mol. The number of phenolic OH excluding ortho intramolecular Hbond substituents is 1. The van der Waals surface area contributed by atoms with Crippen LogP contribution in [0, 0.1) is 5.92 Å². The average Bonchev–Trinajstić information content (AvgIpc) is 2.97. The summed E-state index contributed by atoms with van der Waals surface area (Å²) in [5.41, 5.74) is 2.75. The van der Waals surface area contributed by atoms with Crippen LogP contribution < -0.4 is 0 Å². The zero-order valence-electron chi connectivity index (χ0n) is 11.6. The van der Waals surface area contributed by atoms with E-state index in [0.29, 0.717) is 10.8 Å². The van der Waals surface area contributed by atoms with Gasteiger partial charge in [0.05, 0.1) is 5.71 Å². The Morgan fingerprint density at radius 3 is 3.00 bits per heavy atom. The van der Waals surface area contributed by atoms with Crippen molar-refractivity contribution in [2.75, 3.05) is 0 Å². The van der Waals surface area contributed by atoms with Gasteiger partial charge in [0.1, 0.15) is 10.6 Å². The molecule has 0 spiro atoms. The van der Waals surface area contributed by atoms with Gasteiger partial charge in [-0.25, -0.2) is 4.79 Å². The molecule has 0 bridgehead atoms. The van der Waals surface area contributed by atoms with E-state index in [1.807, 2.05) is 11.4 Å². The summed E-state index contributed by atoms with van der Waals surface area (Å²) < 4.78 is 0. The molecule has 21 heavy (non-hydrogen) atoms. The quantitative estimate of drug-likeness (QED) is 0.681. The molecule has 1 aliphatic carbocycles. The van der Waals surface area contributed by atoms with Crippen molar-refractivity contribution in [3.8, 4) is 5.75 Å². The van der Waals surface area contributed by atoms with E-state index in [-0.39, 0.29) is 5.75 Å². The van der Waals surface area contributed by atoms with Crippen molar-refractivity contribution in [3.05, 3.63) is 51.7 Å². The summed E-state index contributed by atoms with van der Waals surface area (Å²) in [4.78, 5) is 17.4. The van der Waals surface area contributed by atoms with Crippen LogP contribution in [0.5, 0.6) is 5.75 Å². The molecule has 0 amide bonds. The van der Waals surface area contributed by atoms with Gasteiger partial charge in [-0.1, -0.05) is 18.1 Å². The number of carbonyl (C=O) groups is 1. The number of phenols is 1. The Labute approximate surface area is 126 Å². The van der Waals surface area contributed by atoms with E-state index in [1.54, 1.807) is 24.3 Å². The van der Waals surface area contributed by atoms with E-state index in [2.05, 4.69) is 12.1 Å². The molecule has 0 saturated carbocycles. The zero-order valence-corrected chi connectivity index (χ0v) is 12.4. The third-order valence-corrected chi connectivity index (χ3v) is 4.32. The summed E-state index contributed by atoms with van der Waals surface area (Å²) in [6, 6.07) is 8.72. The van der Waals surface area contributed by atoms with Gasteiger partial charge in [-0.05, 0) is 54.0 Å². The first-order valence-electron chi connectivity index (χ1n) is 6.77. The Morgan fingerprint density at radius 1 is 1.38 bits per heavy atom. The van der Waals surface area contributed by atoms with Crippen molar-refractivity contribution < 1.29 is 14.7 Å². The highest BCUT2D eigenvalue weighted by Crippen LogP contribution is 2.28. The van der Waals surface area contributed by atoms with E-state index >= 15 is 0 Å². The second kappa shape index (κ2) is 5.69. The first kappa shape index (κ1) is 13.8. The Bertz CT molecular complexity index is 692. The zero-order chi connectivity index (χ0) is 14.8. The third-order valence-electron chi connectivity index (χ3n) is 3.47. The normalized spacial score (nSPS) is 19.3.